The number of nitrogens with one attached hydrogen (secondary N) is 4. The van der Waals surface area contributed by atoms with E-state index in [4.69, 9.17) is 0 Å². The molecule has 0 aliphatic heterocycles. The van der Waals surface area contributed by atoms with Gasteiger partial charge in [0.2, 0.25) is 12.3 Å². The fourth-order valence-electron chi connectivity index (χ4n) is 4.22. The van der Waals surface area contributed by atoms with Crippen LogP contribution in [0.15, 0.2) is 54.7 Å². The van der Waals surface area contributed by atoms with Gasteiger partial charge in [-0.25, -0.2) is 9.78 Å². The number of aromatic nitrogens is 3. The van der Waals surface area contributed by atoms with E-state index in [-0.39, 0.29) is 18.5 Å². The Balaban J connectivity index is 1.49. The van der Waals surface area contributed by atoms with Crippen LogP contribution in [0.25, 0.3) is 33.4 Å². The van der Waals surface area contributed by atoms with Crippen molar-refractivity contribution in [2.45, 2.75) is 26.3 Å². The van der Waals surface area contributed by atoms with Gasteiger partial charge >= 0.3 is 6.09 Å². The molecule has 0 bridgehead atoms. The molecule has 4 N–H and O–H groups in total. The van der Waals surface area contributed by atoms with E-state index in [1.807, 2.05) is 62.4 Å². The van der Waals surface area contributed by atoms with Crippen LogP contribution in [0.4, 0.5) is 10.5 Å². The third-order valence-electron chi connectivity index (χ3n) is 6.17. The van der Waals surface area contributed by atoms with Crippen LogP contribution in [0.1, 0.15) is 32.1 Å². The van der Waals surface area contributed by atoms with Gasteiger partial charge in [0.1, 0.15) is 12.4 Å². The second kappa shape index (κ2) is 11.4. The number of hydrogen-bond acceptors (Lipinski definition) is 5. The van der Waals surface area contributed by atoms with Crippen molar-refractivity contribution < 1.29 is 19.1 Å². The van der Waals surface area contributed by atoms with E-state index in [0.717, 1.165) is 45.5 Å². The minimum atomic E-state index is -0.645. The van der Waals surface area contributed by atoms with Crippen molar-refractivity contribution >= 4 is 35.0 Å². The highest BCUT2D eigenvalue weighted by molar-refractivity contribution is 5.90. The predicted octanol–water partition coefficient (Wildman–Crippen LogP) is 4.45. The topological polar surface area (TPSA) is 132 Å². The zero-order chi connectivity index (χ0) is 26.4. The minimum Gasteiger partial charge on any atom is -0.453 e. The zero-order valence-electron chi connectivity index (χ0n) is 21.0. The standard InChI is InChI=1S/C27H30N6O4/c1-4-11-33(25(35)15-29-27(36)37-3)17(2)26-28-14-24(32-26)19-7-5-18(6-8-19)23-13-20-12-21(30-16-34)9-10-22(20)31-23/h5-10,12-14,16-17,31H,4,11,15H2,1-3H3,(H,28,32)(H,29,36)(H,30,34)/t17-/m1/s1. The largest absolute Gasteiger partial charge is 0.453 e. The first-order chi connectivity index (χ1) is 17.9. The Morgan fingerprint density at radius 3 is 2.49 bits per heavy atom. The maximum absolute atomic E-state index is 12.7. The first-order valence-electron chi connectivity index (χ1n) is 12.0. The molecule has 4 rings (SSSR count). The molecule has 0 unspecified atom stereocenters. The predicted molar refractivity (Wildman–Crippen MR) is 142 cm³/mol. The lowest BCUT2D eigenvalue weighted by atomic mass is 10.1. The number of nitrogens with zero attached hydrogens (tertiary/aromatic N) is 2. The van der Waals surface area contributed by atoms with E-state index >= 15 is 0 Å². The summed E-state index contributed by atoms with van der Waals surface area (Å²) in [6.07, 6.45) is 2.54. The summed E-state index contributed by atoms with van der Waals surface area (Å²) >= 11 is 0. The maximum atomic E-state index is 12.7. The quantitative estimate of drug-likeness (QED) is 0.238. The number of methoxy groups -OCH3 is 1. The van der Waals surface area contributed by atoms with Crippen molar-refractivity contribution in [3.63, 3.8) is 0 Å². The molecule has 2 heterocycles. The first-order valence-corrected chi connectivity index (χ1v) is 12.0. The van der Waals surface area contributed by atoms with Gasteiger partial charge in [0, 0.05) is 28.8 Å². The van der Waals surface area contributed by atoms with Crippen LogP contribution in [-0.2, 0) is 14.3 Å². The van der Waals surface area contributed by atoms with Gasteiger partial charge in [0.05, 0.1) is 25.0 Å². The van der Waals surface area contributed by atoms with Gasteiger partial charge in [0.25, 0.3) is 0 Å². The maximum Gasteiger partial charge on any atom is 0.407 e. The van der Waals surface area contributed by atoms with Gasteiger partial charge in [-0.3, -0.25) is 9.59 Å². The fraction of sp³-hybridized carbons (Fsp3) is 0.259. The molecule has 0 saturated carbocycles. The van der Waals surface area contributed by atoms with Gasteiger partial charge in [-0.2, -0.15) is 0 Å². The number of carbonyl (C=O) groups excluding carboxylic acids is 3. The van der Waals surface area contributed by atoms with Crippen molar-refractivity contribution in [1.29, 1.82) is 0 Å². The molecule has 1 atom stereocenters. The SMILES string of the molecule is CCCN(C(=O)CNC(=O)OC)[C@H](C)c1ncc(-c2ccc(-c3cc4cc(NC=O)ccc4[nH]3)cc2)[nH]1. The molecule has 192 valence electrons. The summed E-state index contributed by atoms with van der Waals surface area (Å²) < 4.78 is 4.55. The van der Waals surface area contributed by atoms with Crippen molar-refractivity contribution in [2.75, 3.05) is 25.5 Å². The Morgan fingerprint density at radius 2 is 1.81 bits per heavy atom. The molecule has 37 heavy (non-hydrogen) atoms. The fourth-order valence-corrected chi connectivity index (χ4v) is 4.22. The average molecular weight is 503 g/mol. The molecular formula is C27H30N6O4. The lowest BCUT2D eigenvalue weighted by Gasteiger charge is -2.27. The van der Waals surface area contributed by atoms with Crippen molar-refractivity contribution in [2.24, 2.45) is 0 Å². The van der Waals surface area contributed by atoms with Crippen LogP contribution in [-0.4, -0.2) is 58.5 Å². The molecule has 10 heteroatoms. The summed E-state index contributed by atoms with van der Waals surface area (Å²) in [5, 5.41) is 6.12. The summed E-state index contributed by atoms with van der Waals surface area (Å²) in [6.45, 7) is 4.28. The van der Waals surface area contributed by atoms with Crippen LogP contribution in [0, 0.1) is 0 Å². The Labute approximate surface area is 214 Å². The van der Waals surface area contributed by atoms with E-state index < -0.39 is 6.09 Å². The number of H-pyrrole nitrogens is 2. The van der Waals surface area contributed by atoms with Gasteiger partial charge < -0.3 is 30.2 Å². The molecule has 4 aromatic rings. The molecular weight excluding hydrogens is 472 g/mol. The molecule has 2 aromatic heterocycles. The van der Waals surface area contributed by atoms with Crippen molar-refractivity contribution in [3.8, 4) is 22.5 Å². The summed E-state index contributed by atoms with van der Waals surface area (Å²) in [6, 6.07) is 15.5. The second-order valence-corrected chi connectivity index (χ2v) is 8.61. The van der Waals surface area contributed by atoms with E-state index in [2.05, 4.69) is 30.3 Å². The number of ether oxygens (including phenoxy) is 1. The van der Waals surface area contributed by atoms with Gasteiger partial charge in [-0.05, 0) is 48.7 Å². The summed E-state index contributed by atoms with van der Waals surface area (Å²) in [4.78, 5) is 47.8. The van der Waals surface area contributed by atoms with Crippen LogP contribution < -0.4 is 10.6 Å². The lowest BCUT2D eigenvalue weighted by molar-refractivity contribution is -0.132. The van der Waals surface area contributed by atoms with Gasteiger partial charge in [0.15, 0.2) is 0 Å². The Kier molecular flexibility index (Phi) is 7.87. The van der Waals surface area contributed by atoms with E-state index in [0.29, 0.717) is 18.8 Å². The number of hydrogen-bond donors (Lipinski definition) is 4. The molecule has 0 radical (unpaired) electrons. The number of imidazole rings is 1. The number of carbonyl (C=O) groups is 3. The number of benzene rings is 2. The molecule has 0 saturated heterocycles. The van der Waals surface area contributed by atoms with Crippen molar-refractivity contribution in [1.82, 2.24) is 25.2 Å². The second-order valence-electron chi connectivity index (χ2n) is 8.61. The third kappa shape index (κ3) is 5.80. The highest BCUT2D eigenvalue weighted by Gasteiger charge is 2.23. The van der Waals surface area contributed by atoms with Crippen LogP contribution in [0.3, 0.4) is 0 Å². The normalized spacial score (nSPS) is 11.6. The van der Waals surface area contributed by atoms with Crippen LogP contribution in [0.5, 0.6) is 0 Å². The number of aromatic amines is 2. The Bertz CT molecular complexity index is 1390. The van der Waals surface area contributed by atoms with E-state index in [1.165, 1.54) is 7.11 Å². The number of amides is 3. The smallest absolute Gasteiger partial charge is 0.407 e. The molecule has 0 spiro atoms. The molecule has 10 nitrogen and oxygen atoms in total. The molecule has 0 aliphatic carbocycles. The molecule has 2 aromatic carbocycles. The third-order valence-corrected chi connectivity index (χ3v) is 6.17. The Morgan fingerprint density at radius 1 is 1.08 bits per heavy atom. The molecule has 0 aliphatic rings. The number of rotatable bonds is 10. The number of anilines is 1. The minimum absolute atomic E-state index is 0.144. The van der Waals surface area contributed by atoms with E-state index in [1.54, 1.807) is 11.1 Å². The van der Waals surface area contributed by atoms with E-state index in [9.17, 15) is 14.4 Å². The molecule has 3 amide bonds. The monoisotopic (exact) mass is 502 g/mol. The first kappa shape index (κ1) is 25.5. The Hall–Kier alpha value is -4.60. The van der Waals surface area contributed by atoms with Crippen LogP contribution >= 0.6 is 0 Å². The lowest BCUT2D eigenvalue weighted by Crippen LogP contribution is -2.42. The average Bonchev–Trinajstić information content (AvgIpc) is 3.57. The highest BCUT2D eigenvalue weighted by atomic mass is 16.5. The number of fused-ring (bicyclic) bond motifs is 1. The highest BCUT2D eigenvalue weighted by Crippen LogP contribution is 2.29. The van der Waals surface area contributed by atoms with Gasteiger partial charge in [-0.1, -0.05) is 31.2 Å². The van der Waals surface area contributed by atoms with Crippen LogP contribution in [0.2, 0.25) is 0 Å². The summed E-state index contributed by atoms with van der Waals surface area (Å²) in [5.74, 6) is 0.448. The van der Waals surface area contributed by atoms with Gasteiger partial charge in [-0.15, -0.1) is 0 Å². The number of alkyl carbamates (subject to hydrolysis) is 1. The summed E-state index contributed by atoms with van der Waals surface area (Å²) in [5.41, 5.74) is 5.52. The van der Waals surface area contributed by atoms with Crippen molar-refractivity contribution in [3.05, 3.63) is 60.6 Å². The summed E-state index contributed by atoms with van der Waals surface area (Å²) in [7, 11) is 1.26. The molecule has 0 fully saturated rings. The zero-order valence-corrected chi connectivity index (χ0v) is 21.0.